The van der Waals surface area contributed by atoms with Gasteiger partial charge in [0.05, 0.1) is 17.2 Å². The first-order valence-electron chi connectivity index (χ1n) is 12.8. The highest BCUT2D eigenvalue weighted by Crippen LogP contribution is 2.37. The molecule has 1 unspecified atom stereocenters. The van der Waals surface area contributed by atoms with Crippen LogP contribution in [-0.2, 0) is 7.05 Å². The van der Waals surface area contributed by atoms with E-state index >= 15 is 0 Å². The number of anilines is 1. The Balaban J connectivity index is 1.61. The Morgan fingerprint density at radius 2 is 1.56 bits per heavy atom. The van der Waals surface area contributed by atoms with Gasteiger partial charge < -0.3 is 9.47 Å². The first-order chi connectivity index (χ1) is 18.7. The Morgan fingerprint density at radius 3 is 2.10 bits per heavy atom. The molecule has 39 heavy (non-hydrogen) atoms. The summed E-state index contributed by atoms with van der Waals surface area (Å²) in [5, 5.41) is 10.0. The molecule has 0 saturated carbocycles. The number of pyridine rings is 2. The van der Waals surface area contributed by atoms with Gasteiger partial charge in [0, 0.05) is 32.7 Å². The lowest BCUT2D eigenvalue weighted by atomic mass is 9.90. The van der Waals surface area contributed by atoms with Gasteiger partial charge in [-0.25, -0.2) is 13.8 Å². The summed E-state index contributed by atoms with van der Waals surface area (Å²) in [6.45, 7) is 5.94. The number of halogens is 3. The zero-order valence-corrected chi connectivity index (χ0v) is 23.5. The molecule has 0 radical (unpaired) electrons. The third kappa shape index (κ3) is 5.07. The summed E-state index contributed by atoms with van der Waals surface area (Å²) in [5.41, 5.74) is 3.31. The van der Waals surface area contributed by atoms with Gasteiger partial charge in [-0.3, -0.25) is 9.69 Å². The van der Waals surface area contributed by atoms with Crippen LogP contribution < -0.4 is 10.5 Å². The van der Waals surface area contributed by atoms with E-state index in [4.69, 9.17) is 0 Å². The van der Waals surface area contributed by atoms with Crippen LogP contribution in [-0.4, -0.2) is 40.1 Å². The van der Waals surface area contributed by atoms with Crippen LogP contribution in [0.1, 0.15) is 36.6 Å². The minimum Gasteiger partial charge on any atom is -0.366 e. The zero-order valence-electron chi connectivity index (χ0n) is 21.9. The number of aromatic nitrogens is 2. The largest absolute Gasteiger partial charge is 0.366 e. The molecular weight excluding hydrogens is 564 g/mol. The Labute approximate surface area is 234 Å². The van der Waals surface area contributed by atoms with E-state index in [9.17, 15) is 18.8 Å². The number of nitriles is 1. The van der Waals surface area contributed by atoms with Gasteiger partial charge in [-0.15, -0.1) is 0 Å². The number of hydrogen-bond acceptors (Lipinski definition) is 5. The number of fused-ring (bicyclic) bond motifs is 1. The molecule has 9 heteroatoms. The second-order valence-electron chi connectivity index (χ2n) is 10.2. The van der Waals surface area contributed by atoms with E-state index in [-0.39, 0.29) is 40.8 Å². The van der Waals surface area contributed by atoms with Gasteiger partial charge in [-0.05, 0) is 69.4 Å². The molecule has 5 rings (SSSR count). The molecule has 2 aromatic carbocycles. The van der Waals surface area contributed by atoms with E-state index in [1.807, 2.05) is 6.07 Å². The van der Waals surface area contributed by atoms with Crippen LogP contribution in [0.5, 0.6) is 0 Å². The summed E-state index contributed by atoms with van der Waals surface area (Å²) in [4.78, 5) is 22.3. The van der Waals surface area contributed by atoms with Crippen LogP contribution >= 0.6 is 15.9 Å². The average Bonchev–Trinajstić information content (AvgIpc) is 2.92. The fourth-order valence-electron chi connectivity index (χ4n) is 5.59. The number of rotatable bonds is 5. The van der Waals surface area contributed by atoms with Crippen LogP contribution in [0.2, 0.25) is 0 Å². The molecule has 6 nitrogen and oxygen atoms in total. The van der Waals surface area contributed by atoms with Crippen molar-refractivity contribution in [2.24, 2.45) is 13.0 Å². The van der Waals surface area contributed by atoms with Crippen LogP contribution in [0.3, 0.4) is 0 Å². The number of nitrogens with zero attached hydrogens (tertiary/aromatic N) is 5. The second-order valence-corrected chi connectivity index (χ2v) is 11.0. The molecule has 200 valence electrons. The highest BCUT2D eigenvalue weighted by atomic mass is 79.9. The highest BCUT2D eigenvalue weighted by Gasteiger charge is 2.37. The Morgan fingerprint density at radius 1 is 0.974 bits per heavy atom. The number of aryl methyl sites for hydroxylation is 1. The molecule has 0 aliphatic carbocycles. The molecule has 0 N–H and O–H groups in total. The van der Waals surface area contributed by atoms with Crippen molar-refractivity contribution < 1.29 is 8.78 Å². The Bertz CT molecular complexity index is 1570. The Kier molecular flexibility index (Phi) is 7.52. The van der Waals surface area contributed by atoms with Gasteiger partial charge in [-0.2, -0.15) is 5.26 Å². The van der Waals surface area contributed by atoms with Crippen molar-refractivity contribution in [3.63, 3.8) is 0 Å². The fraction of sp³-hybridized carbons (Fsp3) is 0.300. The van der Waals surface area contributed by atoms with Gasteiger partial charge in [-0.1, -0.05) is 38.1 Å². The average molecular weight is 592 g/mol. The van der Waals surface area contributed by atoms with Crippen LogP contribution in [0, 0.1) is 28.9 Å². The minimum atomic E-state index is -0.358. The molecule has 1 aliphatic heterocycles. The molecule has 1 saturated heterocycles. The lowest BCUT2D eigenvalue weighted by Crippen LogP contribution is -2.56. The van der Waals surface area contributed by atoms with Gasteiger partial charge in [0.25, 0.3) is 5.56 Å². The van der Waals surface area contributed by atoms with Crippen molar-refractivity contribution in [3.05, 3.63) is 104 Å². The summed E-state index contributed by atoms with van der Waals surface area (Å²) < 4.78 is 29.8. The standard InChI is InChI=1S/C30H28BrF2N5O/c1-18(2)25-17-37(29-23(16-34)30(39)36(3)24-12-13-26(31)35-27(24)29)14-15-38(25)28(19-4-8-21(32)9-5-19)20-6-10-22(33)11-7-20/h4-13,18,25,28H,14-15,17H2,1-3H3. The van der Waals surface area contributed by atoms with E-state index in [1.54, 1.807) is 37.4 Å². The monoisotopic (exact) mass is 591 g/mol. The molecule has 4 aromatic rings. The van der Waals surface area contributed by atoms with Gasteiger partial charge in [0.2, 0.25) is 0 Å². The maximum Gasteiger partial charge on any atom is 0.270 e. The highest BCUT2D eigenvalue weighted by molar-refractivity contribution is 9.10. The lowest BCUT2D eigenvalue weighted by molar-refractivity contribution is 0.105. The number of piperazine rings is 1. The fourth-order valence-corrected chi connectivity index (χ4v) is 5.89. The normalized spacial score (nSPS) is 16.3. The smallest absolute Gasteiger partial charge is 0.270 e. The van der Waals surface area contributed by atoms with Gasteiger partial charge >= 0.3 is 0 Å². The molecule has 1 fully saturated rings. The molecule has 0 spiro atoms. The van der Waals surface area contributed by atoms with Crippen molar-refractivity contribution >= 4 is 32.7 Å². The number of hydrogen-bond donors (Lipinski definition) is 0. The zero-order chi connectivity index (χ0) is 27.8. The summed E-state index contributed by atoms with van der Waals surface area (Å²) >= 11 is 3.44. The molecule has 0 bridgehead atoms. The Hall–Kier alpha value is -3.61. The summed E-state index contributed by atoms with van der Waals surface area (Å²) in [7, 11) is 1.65. The van der Waals surface area contributed by atoms with Crippen molar-refractivity contribution in [2.75, 3.05) is 24.5 Å². The van der Waals surface area contributed by atoms with Crippen molar-refractivity contribution in [3.8, 4) is 6.07 Å². The SMILES string of the molecule is CC(C)C1CN(c2c(C#N)c(=O)n(C)c3ccc(Br)nc23)CCN1C(c1ccc(F)cc1)c1ccc(F)cc1. The molecule has 1 aliphatic rings. The van der Waals surface area contributed by atoms with Crippen LogP contribution in [0.4, 0.5) is 14.5 Å². The van der Waals surface area contributed by atoms with Crippen LogP contribution in [0.15, 0.2) is 70.1 Å². The van der Waals surface area contributed by atoms with Crippen molar-refractivity contribution in [1.82, 2.24) is 14.5 Å². The molecule has 0 amide bonds. The summed E-state index contributed by atoms with van der Waals surface area (Å²) in [6, 6.07) is 18.4. The van der Waals surface area contributed by atoms with E-state index in [2.05, 4.69) is 50.6 Å². The maximum atomic E-state index is 13.8. The van der Waals surface area contributed by atoms with E-state index in [1.165, 1.54) is 28.8 Å². The molecule has 3 heterocycles. The van der Waals surface area contributed by atoms with Gasteiger partial charge in [0.1, 0.15) is 33.4 Å². The maximum absolute atomic E-state index is 13.8. The van der Waals surface area contributed by atoms with E-state index in [0.29, 0.717) is 41.0 Å². The minimum absolute atomic E-state index is 0.00309. The quantitative estimate of drug-likeness (QED) is 0.275. The summed E-state index contributed by atoms with van der Waals surface area (Å²) in [5.74, 6) is -0.441. The topological polar surface area (TPSA) is 65.2 Å². The number of benzene rings is 2. The van der Waals surface area contributed by atoms with E-state index in [0.717, 1.165) is 11.1 Å². The molecule has 2 aromatic heterocycles. The third-order valence-corrected chi connectivity index (χ3v) is 7.98. The lowest BCUT2D eigenvalue weighted by Gasteiger charge is -2.48. The van der Waals surface area contributed by atoms with Crippen LogP contribution in [0.25, 0.3) is 11.0 Å². The third-order valence-electron chi connectivity index (χ3n) is 7.54. The summed E-state index contributed by atoms with van der Waals surface area (Å²) in [6.07, 6.45) is 0. The van der Waals surface area contributed by atoms with E-state index < -0.39 is 0 Å². The predicted molar refractivity (Wildman–Crippen MR) is 152 cm³/mol. The first kappa shape index (κ1) is 27.0. The van der Waals surface area contributed by atoms with Gasteiger partial charge in [0.15, 0.2) is 0 Å². The second kappa shape index (κ2) is 10.9. The molecular formula is C30H28BrF2N5O. The van der Waals surface area contributed by atoms with Crippen molar-refractivity contribution in [1.29, 1.82) is 5.26 Å². The predicted octanol–water partition coefficient (Wildman–Crippen LogP) is 5.78. The first-order valence-corrected chi connectivity index (χ1v) is 13.6. The molecule has 1 atom stereocenters. The van der Waals surface area contributed by atoms with Crippen molar-refractivity contribution in [2.45, 2.75) is 25.9 Å².